The number of benzene rings is 1. The second-order valence-corrected chi connectivity index (χ2v) is 8.66. The van der Waals surface area contributed by atoms with Gasteiger partial charge < -0.3 is 4.74 Å². The van der Waals surface area contributed by atoms with Gasteiger partial charge in [-0.25, -0.2) is 13.1 Å². The molecule has 0 amide bonds. The molecule has 0 bridgehead atoms. The van der Waals surface area contributed by atoms with Gasteiger partial charge in [-0.1, -0.05) is 12.1 Å². The molecule has 23 heavy (non-hydrogen) atoms. The van der Waals surface area contributed by atoms with E-state index in [4.69, 9.17) is 4.74 Å². The van der Waals surface area contributed by atoms with Crippen molar-refractivity contribution in [3.05, 3.63) is 29.8 Å². The topological polar surface area (TPSA) is 58.6 Å². The van der Waals surface area contributed by atoms with Crippen LogP contribution in [0.1, 0.15) is 31.2 Å². The van der Waals surface area contributed by atoms with Gasteiger partial charge >= 0.3 is 0 Å². The van der Waals surface area contributed by atoms with Crippen LogP contribution in [0.25, 0.3) is 0 Å². The minimum Gasteiger partial charge on any atom is -0.490 e. The number of nitrogens with zero attached hydrogens (tertiary/aromatic N) is 1. The fourth-order valence-corrected chi connectivity index (χ4v) is 3.81. The first kappa shape index (κ1) is 16.7. The average Bonchev–Trinajstić information content (AvgIpc) is 2.95. The number of nitrogens with one attached hydrogen (secondary N) is 1. The molecular weight excluding hydrogens is 312 g/mol. The predicted octanol–water partition coefficient (Wildman–Crippen LogP) is 1.99. The molecule has 128 valence electrons. The Kier molecular flexibility index (Phi) is 5.24. The van der Waals surface area contributed by atoms with Gasteiger partial charge in [0.1, 0.15) is 5.75 Å². The summed E-state index contributed by atoms with van der Waals surface area (Å²) in [5, 5.41) is 0. The first-order valence-electron chi connectivity index (χ1n) is 8.40. The zero-order chi connectivity index (χ0) is 16.3. The standard InChI is InChI=1S/C17H26N2O3S/c1-23(20,21)18-12-15-10-17(11-15)22-16-6-4-14(5-7-16)13-19-8-2-3-9-19/h4-7,15,17-18H,2-3,8-13H2,1H3. The quantitative estimate of drug-likeness (QED) is 0.826. The summed E-state index contributed by atoms with van der Waals surface area (Å²) in [4.78, 5) is 2.49. The van der Waals surface area contributed by atoms with Gasteiger partial charge in [0.15, 0.2) is 0 Å². The fourth-order valence-electron chi connectivity index (χ4n) is 3.27. The zero-order valence-electron chi connectivity index (χ0n) is 13.7. The van der Waals surface area contributed by atoms with E-state index in [0.29, 0.717) is 12.5 Å². The molecule has 2 aliphatic rings. The van der Waals surface area contributed by atoms with E-state index in [1.165, 1.54) is 37.8 Å². The maximum absolute atomic E-state index is 11.1. The Balaban J connectivity index is 1.39. The van der Waals surface area contributed by atoms with Crippen molar-refractivity contribution in [2.24, 2.45) is 5.92 Å². The molecule has 1 N–H and O–H groups in total. The van der Waals surface area contributed by atoms with E-state index in [-0.39, 0.29) is 6.10 Å². The Morgan fingerprint density at radius 3 is 2.43 bits per heavy atom. The Hall–Kier alpha value is -1.11. The van der Waals surface area contributed by atoms with Crippen LogP contribution in [0.3, 0.4) is 0 Å². The van der Waals surface area contributed by atoms with E-state index in [1.807, 2.05) is 12.1 Å². The van der Waals surface area contributed by atoms with Gasteiger partial charge in [0.05, 0.1) is 12.4 Å². The molecular formula is C17H26N2O3S. The van der Waals surface area contributed by atoms with Crippen molar-refractivity contribution in [2.45, 2.75) is 38.3 Å². The lowest BCUT2D eigenvalue weighted by Gasteiger charge is -2.35. The molecule has 1 aliphatic heterocycles. The van der Waals surface area contributed by atoms with Crippen molar-refractivity contribution in [2.75, 3.05) is 25.9 Å². The number of hydrogen-bond donors (Lipinski definition) is 1. The highest BCUT2D eigenvalue weighted by atomic mass is 32.2. The normalized spacial score (nSPS) is 25.3. The summed E-state index contributed by atoms with van der Waals surface area (Å²) >= 11 is 0. The number of hydrogen-bond acceptors (Lipinski definition) is 4. The Morgan fingerprint density at radius 2 is 1.83 bits per heavy atom. The molecule has 0 atom stereocenters. The molecule has 0 radical (unpaired) electrons. The van der Waals surface area contributed by atoms with Crippen LogP contribution < -0.4 is 9.46 Å². The van der Waals surface area contributed by atoms with Gasteiger partial charge in [-0.15, -0.1) is 0 Å². The van der Waals surface area contributed by atoms with E-state index in [1.54, 1.807) is 0 Å². The monoisotopic (exact) mass is 338 g/mol. The van der Waals surface area contributed by atoms with E-state index < -0.39 is 10.0 Å². The Labute approximate surface area is 139 Å². The predicted molar refractivity (Wildman–Crippen MR) is 90.9 cm³/mol. The van der Waals surface area contributed by atoms with Crippen LogP contribution >= 0.6 is 0 Å². The van der Waals surface area contributed by atoms with Gasteiger partial charge in [-0.3, -0.25) is 4.90 Å². The van der Waals surface area contributed by atoms with Gasteiger partial charge in [0.2, 0.25) is 10.0 Å². The van der Waals surface area contributed by atoms with Gasteiger partial charge in [-0.2, -0.15) is 0 Å². The highest BCUT2D eigenvalue weighted by molar-refractivity contribution is 7.88. The van der Waals surface area contributed by atoms with E-state index >= 15 is 0 Å². The van der Waals surface area contributed by atoms with Crippen LogP contribution in [0.15, 0.2) is 24.3 Å². The van der Waals surface area contributed by atoms with Crippen molar-refractivity contribution in [1.29, 1.82) is 0 Å². The van der Waals surface area contributed by atoms with Crippen molar-refractivity contribution in [3.63, 3.8) is 0 Å². The summed E-state index contributed by atoms with van der Waals surface area (Å²) in [6, 6.07) is 8.39. The summed E-state index contributed by atoms with van der Waals surface area (Å²) < 4.78 is 30.6. The Morgan fingerprint density at radius 1 is 1.17 bits per heavy atom. The lowest BCUT2D eigenvalue weighted by molar-refractivity contribution is 0.0673. The summed E-state index contributed by atoms with van der Waals surface area (Å²) in [6.45, 7) is 3.98. The second kappa shape index (κ2) is 7.20. The van der Waals surface area contributed by atoms with Crippen LogP contribution in [0.5, 0.6) is 5.75 Å². The molecule has 3 rings (SSSR count). The average molecular weight is 338 g/mol. The third-order valence-corrected chi connectivity index (χ3v) is 5.35. The van der Waals surface area contributed by atoms with Crippen molar-refractivity contribution in [1.82, 2.24) is 9.62 Å². The second-order valence-electron chi connectivity index (χ2n) is 6.83. The fraction of sp³-hybridized carbons (Fsp3) is 0.647. The van der Waals surface area contributed by atoms with Crippen LogP contribution in [0.4, 0.5) is 0 Å². The maximum Gasteiger partial charge on any atom is 0.208 e. The van der Waals surface area contributed by atoms with E-state index in [0.717, 1.165) is 25.1 Å². The number of sulfonamides is 1. The van der Waals surface area contributed by atoms with Crippen LogP contribution in [-0.2, 0) is 16.6 Å². The smallest absolute Gasteiger partial charge is 0.208 e. The first-order chi connectivity index (χ1) is 11.0. The third kappa shape index (κ3) is 5.19. The zero-order valence-corrected chi connectivity index (χ0v) is 14.5. The minimum atomic E-state index is -3.08. The van der Waals surface area contributed by atoms with Crippen molar-refractivity contribution < 1.29 is 13.2 Å². The molecule has 1 heterocycles. The number of rotatable bonds is 7. The number of likely N-dealkylation sites (tertiary alicyclic amines) is 1. The third-order valence-electron chi connectivity index (χ3n) is 4.66. The minimum absolute atomic E-state index is 0.214. The summed E-state index contributed by atoms with van der Waals surface area (Å²) in [5.41, 5.74) is 1.34. The molecule has 1 aromatic rings. The highest BCUT2D eigenvalue weighted by Crippen LogP contribution is 2.31. The van der Waals surface area contributed by atoms with Gasteiger partial charge in [-0.05, 0) is 62.4 Å². The molecule has 2 fully saturated rings. The Bertz CT molecular complexity index is 603. The lowest BCUT2D eigenvalue weighted by Crippen LogP contribution is -2.40. The summed E-state index contributed by atoms with van der Waals surface area (Å²) in [5.74, 6) is 1.30. The molecule has 1 aliphatic carbocycles. The number of ether oxygens (including phenoxy) is 1. The molecule has 5 nitrogen and oxygen atoms in total. The molecule has 6 heteroatoms. The summed E-state index contributed by atoms with van der Waals surface area (Å²) in [6.07, 6.45) is 5.88. The van der Waals surface area contributed by atoms with E-state index in [9.17, 15) is 8.42 Å². The van der Waals surface area contributed by atoms with Gasteiger partial charge in [0.25, 0.3) is 0 Å². The molecule has 0 unspecified atom stereocenters. The molecule has 1 aromatic carbocycles. The molecule has 1 saturated heterocycles. The van der Waals surface area contributed by atoms with Crippen molar-refractivity contribution >= 4 is 10.0 Å². The van der Waals surface area contributed by atoms with E-state index in [2.05, 4.69) is 21.8 Å². The van der Waals surface area contributed by atoms with Crippen LogP contribution in [-0.4, -0.2) is 45.3 Å². The first-order valence-corrected chi connectivity index (χ1v) is 10.3. The van der Waals surface area contributed by atoms with Crippen LogP contribution in [0.2, 0.25) is 0 Å². The largest absolute Gasteiger partial charge is 0.490 e. The molecule has 1 saturated carbocycles. The van der Waals surface area contributed by atoms with Gasteiger partial charge in [0, 0.05) is 13.1 Å². The van der Waals surface area contributed by atoms with Crippen molar-refractivity contribution in [3.8, 4) is 5.75 Å². The molecule has 0 spiro atoms. The molecule has 0 aromatic heterocycles. The maximum atomic E-state index is 11.1. The lowest BCUT2D eigenvalue weighted by atomic mass is 9.82. The summed E-state index contributed by atoms with van der Waals surface area (Å²) in [7, 11) is -3.08. The van der Waals surface area contributed by atoms with Crippen LogP contribution in [0, 0.1) is 5.92 Å². The SMILES string of the molecule is CS(=O)(=O)NCC1CC(Oc2ccc(CN3CCCC3)cc2)C1. The highest BCUT2D eigenvalue weighted by Gasteiger charge is 2.31.